The highest BCUT2D eigenvalue weighted by Crippen LogP contribution is 2.18. The smallest absolute Gasteiger partial charge is 0.119 e. The molecule has 2 heteroatoms. The molecule has 0 aliphatic rings. The van der Waals surface area contributed by atoms with Crippen LogP contribution in [0.5, 0.6) is 5.75 Å². The number of nitrogens with zero attached hydrogens (tertiary/aromatic N) is 1. The van der Waals surface area contributed by atoms with E-state index in [0.29, 0.717) is 13.0 Å². The summed E-state index contributed by atoms with van der Waals surface area (Å²) in [4.78, 5) is 0. The first kappa shape index (κ1) is 13.2. The maximum atomic E-state index is 8.62. The van der Waals surface area contributed by atoms with Crippen LogP contribution in [-0.2, 0) is 13.0 Å². The van der Waals surface area contributed by atoms with Gasteiger partial charge in [-0.2, -0.15) is 5.26 Å². The Labute approximate surface area is 114 Å². The van der Waals surface area contributed by atoms with Crippen LogP contribution in [0, 0.1) is 25.2 Å². The molecule has 2 aromatic rings. The van der Waals surface area contributed by atoms with E-state index in [1.807, 2.05) is 24.3 Å². The number of aryl methyl sites for hydroxylation is 2. The van der Waals surface area contributed by atoms with Crippen molar-refractivity contribution in [3.63, 3.8) is 0 Å². The lowest BCUT2D eigenvalue weighted by Crippen LogP contribution is -2.00. The lowest BCUT2D eigenvalue weighted by Gasteiger charge is -2.11. The molecule has 0 heterocycles. The van der Waals surface area contributed by atoms with Gasteiger partial charge in [-0.05, 0) is 48.2 Å². The molecule has 0 atom stereocenters. The van der Waals surface area contributed by atoms with Crippen LogP contribution < -0.4 is 4.74 Å². The van der Waals surface area contributed by atoms with Crippen molar-refractivity contribution in [3.05, 3.63) is 64.7 Å². The van der Waals surface area contributed by atoms with Crippen LogP contribution in [0.2, 0.25) is 0 Å². The van der Waals surface area contributed by atoms with E-state index in [0.717, 1.165) is 11.3 Å². The van der Waals surface area contributed by atoms with Crippen molar-refractivity contribution in [3.8, 4) is 11.8 Å². The van der Waals surface area contributed by atoms with E-state index in [2.05, 4.69) is 38.1 Å². The number of benzene rings is 2. The molecule has 0 unspecified atom stereocenters. The first-order valence-electron chi connectivity index (χ1n) is 6.34. The lowest BCUT2D eigenvalue weighted by atomic mass is 10.0. The summed E-state index contributed by atoms with van der Waals surface area (Å²) >= 11 is 0. The van der Waals surface area contributed by atoms with Crippen LogP contribution in [0.3, 0.4) is 0 Å². The van der Waals surface area contributed by atoms with E-state index in [4.69, 9.17) is 10.00 Å². The fourth-order valence-corrected chi connectivity index (χ4v) is 2.03. The van der Waals surface area contributed by atoms with E-state index in [-0.39, 0.29) is 0 Å². The number of hydrogen-bond acceptors (Lipinski definition) is 2. The second kappa shape index (κ2) is 6.06. The van der Waals surface area contributed by atoms with Gasteiger partial charge in [0, 0.05) is 0 Å². The molecule has 0 bridgehead atoms. The number of nitriles is 1. The molecular weight excluding hydrogens is 234 g/mol. The van der Waals surface area contributed by atoms with Gasteiger partial charge in [0.1, 0.15) is 12.4 Å². The predicted molar refractivity (Wildman–Crippen MR) is 76.0 cm³/mol. The van der Waals surface area contributed by atoms with Crippen LogP contribution in [0.25, 0.3) is 0 Å². The third-order valence-electron chi connectivity index (χ3n) is 3.23. The maximum Gasteiger partial charge on any atom is 0.119 e. The molecule has 0 aliphatic heterocycles. The Kier molecular flexibility index (Phi) is 4.20. The highest BCUT2D eigenvalue weighted by atomic mass is 16.5. The Morgan fingerprint density at radius 2 is 1.63 bits per heavy atom. The van der Waals surface area contributed by atoms with Crippen LogP contribution in [-0.4, -0.2) is 0 Å². The summed E-state index contributed by atoms with van der Waals surface area (Å²) in [5.74, 6) is 0.837. The molecule has 96 valence electrons. The summed E-state index contributed by atoms with van der Waals surface area (Å²) in [5.41, 5.74) is 4.76. The summed E-state index contributed by atoms with van der Waals surface area (Å²) in [6.07, 6.45) is 0.442. The average Bonchev–Trinajstić information content (AvgIpc) is 2.40. The van der Waals surface area contributed by atoms with E-state index in [1.54, 1.807) is 0 Å². The number of rotatable bonds is 4. The minimum absolute atomic E-state index is 0.442. The van der Waals surface area contributed by atoms with Crippen LogP contribution in [0.4, 0.5) is 0 Å². The van der Waals surface area contributed by atoms with Gasteiger partial charge >= 0.3 is 0 Å². The lowest BCUT2D eigenvalue weighted by molar-refractivity contribution is 0.304. The van der Waals surface area contributed by atoms with Crippen LogP contribution in [0.1, 0.15) is 22.3 Å². The van der Waals surface area contributed by atoms with Crippen LogP contribution in [0.15, 0.2) is 42.5 Å². The molecule has 0 amide bonds. The Bertz CT molecular complexity index is 573. The van der Waals surface area contributed by atoms with Crippen molar-refractivity contribution in [1.82, 2.24) is 0 Å². The van der Waals surface area contributed by atoms with Gasteiger partial charge in [0.25, 0.3) is 0 Å². The van der Waals surface area contributed by atoms with Crippen molar-refractivity contribution in [2.24, 2.45) is 0 Å². The Hall–Kier alpha value is -2.27. The zero-order chi connectivity index (χ0) is 13.7. The molecule has 0 aromatic heterocycles. The van der Waals surface area contributed by atoms with Gasteiger partial charge < -0.3 is 4.74 Å². The van der Waals surface area contributed by atoms with E-state index >= 15 is 0 Å². The predicted octanol–water partition coefficient (Wildman–Crippen LogP) is 3.95. The molecule has 2 nitrogen and oxygen atoms in total. The van der Waals surface area contributed by atoms with Gasteiger partial charge in [0.05, 0.1) is 12.5 Å². The Morgan fingerprint density at radius 1 is 1.00 bits per heavy atom. The van der Waals surface area contributed by atoms with Crippen molar-refractivity contribution >= 4 is 0 Å². The van der Waals surface area contributed by atoms with Crippen molar-refractivity contribution in [1.29, 1.82) is 5.26 Å². The third kappa shape index (κ3) is 3.35. The van der Waals surface area contributed by atoms with E-state index in [1.165, 1.54) is 16.7 Å². The fraction of sp³-hybridized carbons (Fsp3) is 0.235. The topological polar surface area (TPSA) is 33.0 Å². The Balaban J connectivity index is 2.04. The van der Waals surface area contributed by atoms with Crippen LogP contribution >= 0.6 is 0 Å². The number of hydrogen-bond donors (Lipinski definition) is 0. The molecule has 19 heavy (non-hydrogen) atoms. The van der Waals surface area contributed by atoms with Crippen molar-refractivity contribution in [2.75, 3.05) is 0 Å². The molecule has 0 aliphatic carbocycles. The normalized spacial score (nSPS) is 9.95. The van der Waals surface area contributed by atoms with Crippen molar-refractivity contribution < 1.29 is 4.74 Å². The summed E-state index contributed by atoms with van der Waals surface area (Å²) in [6, 6.07) is 16.1. The van der Waals surface area contributed by atoms with Gasteiger partial charge in [0.2, 0.25) is 0 Å². The minimum Gasteiger partial charge on any atom is -0.489 e. The summed E-state index contributed by atoms with van der Waals surface area (Å²) in [6.45, 7) is 4.78. The molecule has 0 N–H and O–H groups in total. The van der Waals surface area contributed by atoms with Crippen molar-refractivity contribution in [2.45, 2.75) is 26.9 Å². The first-order valence-corrected chi connectivity index (χ1v) is 6.34. The maximum absolute atomic E-state index is 8.62. The molecule has 0 radical (unpaired) electrons. The molecular formula is C17H17NO. The van der Waals surface area contributed by atoms with E-state index in [9.17, 15) is 0 Å². The first-order chi connectivity index (χ1) is 9.20. The number of ether oxygens (including phenoxy) is 1. The molecule has 2 rings (SSSR count). The molecule has 0 saturated carbocycles. The van der Waals surface area contributed by atoms with Gasteiger partial charge in [-0.25, -0.2) is 0 Å². The third-order valence-corrected chi connectivity index (χ3v) is 3.23. The fourth-order valence-electron chi connectivity index (χ4n) is 2.03. The zero-order valence-corrected chi connectivity index (χ0v) is 11.3. The summed E-state index contributed by atoms with van der Waals surface area (Å²) in [7, 11) is 0. The second-order valence-corrected chi connectivity index (χ2v) is 4.64. The molecule has 0 fully saturated rings. The zero-order valence-electron chi connectivity index (χ0n) is 11.3. The highest BCUT2D eigenvalue weighted by molar-refractivity contribution is 5.34. The van der Waals surface area contributed by atoms with Gasteiger partial charge in [-0.1, -0.05) is 30.3 Å². The molecule has 0 saturated heterocycles. The monoisotopic (exact) mass is 251 g/mol. The second-order valence-electron chi connectivity index (χ2n) is 4.64. The highest BCUT2D eigenvalue weighted by Gasteiger charge is 2.03. The largest absolute Gasteiger partial charge is 0.489 e. The summed E-state index contributed by atoms with van der Waals surface area (Å²) < 4.78 is 5.80. The molecule has 0 spiro atoms. The SMILES string of the molecule is Cc1cccc(C)c1COc1ccc(CC#N)cc1. The van der Waals surface area contributed by atoms with Gasteiger partial charge in [-0.3, -0.25) is 0 Å². The Morgan fingerprint density at radius 3 is 2.21 bits per heavy atom. The standard InChI is InChI=1S/C17H17NO/c1-13-4-3-5-14(2)17(13)12-19-16-8-6-15(7-9-16)10-11-18/h3-9H,10,12H2,1-2H3. The average molecular weight is 251 g/mol. The summed E-state index contributed by atoms with van der Waals surface area (Å²) in [5, 5.41) is 8.62. The molecule has 2 aromatic carbocycles. The van der Waals surface area contributed by atoms with Gasteiger partial charge in [-0.15, -0.1) is 0 Å². The quantitative estimate of drug-likeness (QED) is 0.824. The minimum atomic E-state index is 0.442. The van der Waals surface area contributed by atoms with E-state index < -0.39 is 0 Å². The van der Waals surface area contributed by atoms with Gasteiger partial charge in [0.15, 0.2) is 0 Å².